The largest absolute Gasteiger partial charge is 0.480 e. The molecular weight excluding hydrogens is 340 g/mol. The first-order valence-corrected chi connectivity index (χ1v) is 6.72. The molecule has 1 unspecified atom stereocenters. The molecule has 0 saturated heterocycles. The summed E-state index contributed by atoms with van der Waals surface area (Å²) in [5.74, 6) is -0.110. The second-order valence-electron chi connectivity index (χ2n) is 4.06. The Balaban J connectivity index is 2.49. The van der Waals surface area contributed by atoms with Crippen molar-refractivity contribution in [3.05, 3.63) is 34.3 Å². The molecule has 0 aliphatic rings. The number of aliphatic carboxylic acids is 1. The minimum atomic E-state index is -1.22. The molecule has 0 bridgehead atoms. The number of nitrogens with one attached hydrogen (secondary N) is 2. The molecule has 0 aliphatic heterocycles. The number of hydrogen-bond donors (Lipinski definition) is 3. The number of carbonyl (C=O) groups excluding carboxylic acids is 2. The normalized spacial score (nSPS) is 11.0. The summed E-state index contributed by atoms with van der Waals surface area (Å²) in [6, 6.07) is 5.42. The van der Waals surface area contributed by atoms with E-state index >= 15 is 0 Å². The quantitative estimate of drug-likeness (QED) is 0.659. The molecule has 1 aromatic rings. The highest BCUT2D eigenvalue weighted by molar-refractivity contribution is 9.10. The molecule has 0 aromatic heterocycles. The number of benzene rings is 1. The fourth-order valence-corrected chi connectivity index (χ4v) is 1.69. The van der Waals surface area contributed by atoms with Crippen LogP contribution in [0.25, 0.3) is 0 Å². The van der Waals surface area contributed by atoms with Crippen molar-refractivity contribution in [3.8, 4) is 12.3 Å². The van der Waals surface area contributed by atoms with Crippen LogP contribution >= 0.6 is 15.9 Å². The summed E-state index contributed by atoms with van der Waals surface area (Å²) >= 11 is 3.24. The number of amides is 2. The number of carboxylic acids is 1. The van der Waals surface area contributed by atoms with Crippen molar-refractivity contribution in [2.75, 3.05) is 6.54 Å². The molecule has 2 amide bonds. The molecule has 21 heavy (non-hydrogen) atoms. The summed E-state index contributed by atoms with van der Waals surface area (Å²) in [5, 5.41) is 13.5. The Labute approximate surface area is 130 Å². The molecule has 0 fully saturated rings. The summed E-state index contributed by atoms with van der Waals surface area (Å²) in [4.78, 5) is 34.1. The summed E-state index contributed by atoms with van der Waals surface area (Å²) in [7, 11) is 0. The van der Waals surface area contributed by atoms with Crippen LogP contribution in [0.5, 0.6) is 0 Å². The van der Waals surface area contributed by atoms with Crippen molar-refractivity contribution in [3.63, 3.8) is 0 Å². The number of halogens is 1. The predicted octanol–water partition coefficient (Wildman–Crippen LogP) is 0.772. The monoisotopic (exact) mass is 352 g/mol. The molecule has 0 heterocycles. The van der Waals surface area contributed by atoms with E-state index in [1.54, 1.807) is 24.3 Å². The lowest BCUT2D eigenvalue weighted by atomic mass is 10.2. The van der Waals surface area contributed by atoms with Crippen molar-refractivity contribution in [2.24, 2.45) is 0 Å². The predicted molar refractivity (Wildman–Crippen MR) is 79.5 cm³/mol. The molecule has 0 spiro atoms. The molecule has 7 heteroatoms. The van der Waals surface area contributed by atoms with Gasteiger partial charge in [-0.2, -0.15) is 0 Å². The Morgan fingerprint density at radius 1 is 1.29 bits per heavy atom. The number of terminal acetylenes is 1. The van der Waals surface area contributed by atoms with Crippen LogP contribution in [-0.2, 0) is 9.59 Å². The van der Waals surface area contributed by atoms with Crippen LogP contribution in [-0.4, -0.2) is 35.5 Å². The van der Waals surface area contributed by atoms with Gasteiger partial charge in [-0.25, -0.2) is 4.79 Å². The van der Waals surface area contributed by atoms with E-state index in [9.17, 15) is 14.4 Å². The van der Waals surface area contributed by atoms with Gasteiger partial charge in [-0.1, -0.05) is 15.9 Å². The van der Waals surface area contributed by atoms with Gasteiger partial charge in [-0.05, 0) is 24.3 Å². The van der Waals surface area contributed by atoms with E-state index in [1.807, 2.05) is 0 Å². The Kier molecular flexibility index (Phi) is 6.43. The molecule has 6 nitrogen and oxygen atoms in total. The van der Waals surface area contributed by atoms with E-state index in [4.69, 9.17) is 11.5 Å². The first-order valence-electron chi connectivity index (χ1n) is 5.93. The van der Waals surface area contributed by atoms with E-state index in [0.717, 1.165) is 4.47 Å². The maximum Gasteiger partial charge on any atom is 0.327 e. The average Bonchev–Trinajstić information content (AvgIpc) is 2.45. The molecule has 3 N–H and O–H groups in total. The van der Waals surface area contributed by atoms with Crippen molar-refractivity contribution in [1.29, 1.82) is 0 Å². The van der Waals surface area contributed by atoms with Gasteiger partial charge in [0.15, 0.2) is 0 Å². The zero-order valence-electron chi connectivity index (χ0n) is 10.9. The van der Waals surface area contributed by atoms with E-state index in [0.29, 0.717) is 5.56 Å². The fraction of sp³-hybridized carbons (Fsp3) is 0.214. The Morgan fingerprint density at radius 3 is 2.43 bits per heavy atom. The van der Waals surface area contributed by atoms with Crippen LogP contribution < -0.4 is 10.6 Å². The van der Waals surface area contributed by atoms with Gasteiger partial charge in [0.05, 0.1) is 6.54 Å². The maximum absolute atomic E-state index is 11.8. The van der Waals surface area contributed by atoms with Gasteiger partial charge in [0.25, 0.3) is 5.91 Å². The minimum Gasteiger partial charge on any atom is -0.480 e. The van der Waals surface area contributed by atoms with Gasteiger partial charge in [0, 0.05) is 16.5 Å². The van der Waals surface area contributed by atoms with Gasteiger partial charge < -0.3 is 15.7 Å². The second kappa shape index (κ2) is 8.07. The van der Waals surface area contributed by atoms with E-state index in [1.165, 1.54) is 0 Å². The SMILES string of the molecule is C#CCC(NC(=O)CNC(=O)c1ccc(Br)cc1)C(=O)O. The lowest BCUT2D eigenvalue weighted by molar-refractivity contribution is -0.141. The molecule has 0 aliphatic carbocycles. The van der Waals surface area contributed by atoms with Gasteiger partial charge in [0.1, 0.15) is 6.04 Å². The highest BCUT2D eigenvalue weighted by Gasteiger charge is 2.18. The molecule has 110 valence electrons. The zero-order chi connectivity index (χ0) is 15.8. The van der Waals surface area contributed by atoms with Crippen LogP contribution in [0.1, 0.15) is 16.8 Å². The molecule has 0 saturated carbocycles. The lowest BCUT2D eigenvalue weighted by Gasteiger charge is -2.12. The highest BCUT2D eigenvalue weighted by Crippen LogP contribution is 2.10. The van der Waals surface area contributed by atoms with Crippen LogP contribution in [0, 0.1) is 12.3 Å². The van der Waals surface area contributed by atoms with Crippen molar-refractivity contribution in [1.82, 2.24) is 10.6 Å². The van der Waals surface area contributed by atoms with E-state index in [-0.39, 0.29) is 13.0 Å². The smallest absolute Gasteiger partial charge is 0.327 e. The second-order valence-corrected chi connectivity index (χ2v) is 4.97. The Morgan fingerprint density at radius 2 is 1.90 bits per heavy atom. The van der Waals surface area contributed by atoms with Gasteiger partial charge in [-0.3, -0.25) is 9.59 Å². The maximum atomic E-state index is 11.8. The average molecular weight is 353 g/mol. The number of rotatable bonds is 6. The van der Waals surface area contributed by atoms with Crippen LogP contribution in [0.15, 0.2) is 28.7 Å². The van der Waals surface area contributed by atoms with Crippen LogP contribution in [0.2, 0.25) is 0 Å². The van der Waals surface area contributed by atoms with Crippen LogP contribution in [0.3, 0.4) is 0 Å². The molecule has 1 atom stereocenters. The van der Waals surface area contributed by atoms with Crippen LogP contribution in [0.4, 0.5) is 0 Å². The third-order valence-corrected chi connectivity index (χ3v) is 3.00. The summed E-state index contributed by atoms with van der Waals surface area (Å²) in [6.07, 6.45) is 4.89. The van der Waals surface area contributed by atoms with Gasteiger partial charge in [-0.15, -0.1) is 12.3 Å². The molecular formula is C14H13BrN2O4. The standard InChI is InChI=1S/C14H13BrN2O4/c1-2-3-11(14(20)21)17-12(18)8-16-13(19)9-4-6-10(15)7-5-9/h1,4-7,11H,3,8H2,(H,16,19)(H,17,18)(H,20,21). The van der Waals surface area contributed by atoms with E-state index < -0.39 is 23.8 Å². The zero-order valence-corrected chi connectivity index (χ0v) is 12.5. The lowest BCUT2D eigenvalue weighted by Crippen LogP contribution is -2.45. The summed E-state index contributed by atoms with van der Waals surface area (Å²) in [5.41, 5.74) is 0.393. The first kappa shape index (κ1) is 16.7. The third-order valence-electron chi connectivity index (χ3n) is 2.47. The van der Waals surface area contributed by atoms with Crippen molar-refractivity contribution < 1.29 is 19.5 Å². The fourth-order valence-electron chi connectivity index (χ4n) is 1.43. The Bertz CT molecular complexity index is 578. The molecule has 1 rings (SSSR count). The first-order chi connectivity index (χ1) is 9.93. The van der Waals surface area contributed by atoms with Crippen molar-refractivity contribution in [2.45, 2.75) is 12.5 Å². The number of hydrogen-bond acceptors (Lipinski definition) is 3. The molecule has 0 radical (unpaired) electrons. The third kappa shape index (κ3) is 5.67. The summed E-state index contributed by atoms with van der Waals surface area (Å²) in [6.45, 7) is -0.330. The summed E-state index contributed by atoms with van der Waals surface area (Å²) < 4.78 is 0.829. The van der Waals surface area contributed by atoms with Crippen molar-refractivity contribution >= 4 is 33.7 Å². The molecule has 1 aromatic carbocycles. The van der Waals surface area contributed by atoms with Gasteiger partial charge >= 0.3 is 5.97 Å². The van der Waals surface area contributed by atoms with E-state index in [2.05, 4.69) is 32.5 Å². The number of carbonyl (C=O) groups is 3. The number of carboxylic acid groups (broad SMARTS) is 1. The topological polar surface area (TPSA) is 95.5 Å². The Hall–Kier alpha value is -2.33. The minimum absolute atomic E-state index is 0.123. The van der Waals surface area contributed by atoms with Gasteiger partial charge in [0.2, 0.25) is 5.91 Å². The highest BCUT2D eigenvalue weighted by atomic mass is 79.9.